The minimum Gasteiger partial charge on any atom is -0.480 e. The molecule has 1 aliphatic rings. The summed E-state index contributed by atoms with van der Waals surface area (Å²) in [5.41, 5.74) is 1.88. The zero-order valence-corrected chi connectivity index (χ0v) is 14.6. The first-order valence-electron chi connectivity index (χ1n) is 7.77. The molecule has 0 aliphatic carbocycles. The summed E-state index contributed by atoms with van der Waals surface area (Å²) in [5, 5.41) is 1.32. The van der Waals surface area contributed by atoms with Crippen molar-refractivity contribution in [3.63, 3.8) is 0 Å². The van der Waals surface area contributed by atoms with E-state index in [0.29, 0.717) is 23.1 Å². The van der Waals surface area contributed by atoms with Gasteiger partial charge in [-0.05, 0) is 36.8 Å². The number of anilines is 1. The number of para-hydroxylation sites is 1. The van der Waals surface area contributed by atoms with Gasteiger partial charge in [-0.15, -0.1) is 0 Å². The molecule has 2 heterocycles. The molecule has 122 valence electrons. The van der Waals surface area contributed by atoms with Crippen LogP contribution in [0.5, 0.6) is 5.75 Å². The number of nitrogens with zero attached hydrogens (tertiary/aromatic N) is 2. The molecule has 4 rings (SSSR count). The summed E-state index contributed by atoms with van der Waals surface area (Å²) in [7, 11) is 0. The van der Waals surface area contributed by atoms with Crippen molar-refractivity contribution in [3.05, 3.63) is 53.1 Å². The van der Waals surface area contributed by atoms with Crippen LogP contribution in [-0.2, 0) is 11.2 Å². The van der Waals surface area contributed by atoms with Gasteiger partial charge in [0.15, 0.2) is 11.2 Å². The second kappa shape index (κ2) is 6.07. The van der Waals surface area contributed by atoms with Crippen LogP contribution in [0.2, 0.25) is 5.02 Å². The zero-order valence-electron chi connectivity index (χ0n) is 13.0. The molecule has 0 spiro atoms. The van der Waals surface area contributed by atoms with E-state index >= 15 is 0 Å². The van der Waals surface area contributed by atoms with Crippen molar-refractivity contribution in [1.82, 2.24) is 4.98 Å². The van der Waals surface area contributed by atoms with Crippen LogP contribution < -0.4 is 9.64 Å². The quantitative estimate of drug-likeness (QED) is 0.700. The fourth-order valence-electron chi connectivity index (χ4n) is 2.88. The van der Waals surface area contributed by atoms with Crippen molar-refractivity contribution in [2.24, 2.45) is 0 Å². The van der Waals surface area contributed by atoms with Crippen LogP contribution >= 0.6 is 22.9 Å². The summed E-state index contributed by atoms with van der Waals surface area (Å²) in [6.07, 6.45) is 0.111. The second-order valence-corrected chi connectivity index (χ2v) is 7.05. The maximum atomic E-state index is 12.9. The third-order valence-electron chi connectivity index (χ3n) is 4.07. The van der Waals surface area contributed by atoms with Gasteiger partial charge in [0.1, 0.15) is 5.75 Å². The number of hydrogen-bond donors (Lipinski definition) is 0. The SMILES string of the molecule is CCN(C(=O)C1Cc2ccccc2O1)c1nc2cc(Cl)ccc2s1. The third kappa shape index (κ3) is 2.64. The number of likely N-dealkylation sites (N-methyl/N-ethyl adjacent to an activating group) is 1. The number of ether oxygens (including phenoxy) is 1. The summed E-state index contributed by atoms with van der Waals surface area (Å²) < 4.78 is 6.84. The Labute approximate surface area is 148 Å². The molecule has 4 nitrogen and oxygen atoms in total. The molecule has 0 bridgehead atoms. The zero-order chi connectivity index (χ0) is 16.7. The van der Waals surface area contributed by atoms with Crippen molar-refractivity contribution < 1.29 is 9.53 Å². The van der Waals surface area contributed by atoms with Gasteiger partial charge in [-0.25, -0.2) is 4.98 Å². The van der Waals surface area contributed by atoms with Crippen molar-refractivity contribution in [2.75, 3.05) is 11.4 Å². The predicted molar refractivity (Wildman–Crippen MR) is 97.2 cm³/mol. The van der Waals surface area contributed by atoms with E-state index in [1.165, 1.54) is 11.3 Å². The summed E-state index contributed by atoms with van der Waals surface area (Å²) in [6.45, 7) is 2.49. The van der Waals surface area contributed by atoms with Gasteiger partial charge in [-0.2, -0.15) is 0 Å². The fourth-order valence-corrected chi connectivity index (χ4v) is 4.06. The van der Waals surface area contributed by atoms with E-state index in [9.17, 15) is 4.79 Å². The molecule has 24 heavy (non-hydrogen) atoms. The average molecular weight is 359 g/mol. The molecular formula is C18H15ClN2O2S. The van der Waals surface area contributed by atoms with Gasteiger partial charge in [-0.3, -0.25) is 9.69 Å². The van der Waals surface area contributed by atoms with Gasteiger partial charge in [0.2, 0.25) is 0 Å². The van der Waals surface area contributed by atoms with Crippen molar-refractivity contribution >= 4 is 44.2 Å². The van der Waals surface area contributed by atoms with Crippen LogP contribution in [0, 0.1) is 0 Å². The maximum Gasteiger partial charge on any atom is 0.270 e. The Kier molecular flexibility index (Phi) is 3.90. The lowest BCUT2D eigenvalue weighted by atomic mass is 10.1. The van der Waals surface area contributed by atoms with Crippen molar-refractivity contribution in [2.45, 2.75) is 19.4 Å². The predicted octanol–water partition coefficient (Wildman–Crippen LogP) is 4.31. The largest absolute Gasteiger partial charge is 0.480 e. The highest BCUT2D eigenvalue weighted by Gasteiger charge is 2.33. The number of amides is 1. The van der Waals surface area contributed by atoms with Crippen LogP contribution in [-0.4, -0.2) is 23.5 Å². The molecule has 1 unspecified atom stereocenters. The Morgan fingerprint density at radius 2 is 2.21 bits per heavy atom. The molecule has 0 N–H and O–H groups in total. The first kappa shape index (κ1) is 15.4. The van der Waals surface area contributed by atoms with E-state index in [-0.39, 0.29) is 5.91 Å². The smallest absolute Gasteiger partial charge is 0.270 e. The standard InChI is InChI=1S/C18H15ClN2O2S/c1-2-21(18-20-13-10-12(19)7-8-16(13)24-18)17(22)15-9-11-5-3-4-6-14(11)23-15/h3-8,10,15H,2,9H2,1H3. The van der Waals surface area contributed by atoms with Gasteiger partial charge in [0.25, 0.3) is 5.91 Å². The van der Waals surface area contributed by atoms with Crippen LogP contribution in [0.25, 0.3) is 10.2 Å². The molecule has 0 fully saturated rings. The Balaban J connectivity index is 1.62. The number of hydrogen-bond acceptors (Lipinski definition) is 4. The Morgan fingerprint density at radius 3 is 3.00 bits per heavy atom. The highest BCUT2D eigenvalue weighted by molar-refractivity contribution is 7.22. The monoisotopic (exact) mass is 358 g/mol. The number of aromatic nitrogens is 1. The number of carbonyl (C=O) groups excluding carboxylic acids is 1. The molecule has 1 aliphatic heterocycles. The highest BCUT2D eigenvalue weighted by atomic mass is 35.5. The normalized spacial score (nSPS) is 16.0. The molecular weight excluding hydrogens is 344 g/mol. The summed E-state index contributed by atoms with van der Waals surface area (Å²) in [5.74, 6) is 0.738. The number of halogens is 1. The van der Waals surface area contributed by atoms with Crippen LogP contribution in [0.4, 0.5) is 5.13 Å². The number of thiazole rings is 1. The van der Waals surface area contributed by atoms with Crippen LogP contribution in [0.15, 0.2) is 42.5 Å². The van der Waals surface area contributed by atoms with Crippen molar-refractivity contribution in [3.8, 4) is 5.75 Å². The summed E-state index contributed by atoms with van der Waals surface area (Å²) >= 11 is 7.51. The van der Waals surface area contributed by atoms with Gasteiger partial charge in [-0.1, -0.05) is 41.1 Å². The lowest BCUT2D eigenvalue weighted by Gasteiger charge is -2.21. The highest BCUT2D eigenvalue weighted by Crippen LogP contribution is 2.33. The average Bonchev–Trinajstić information content (AvgIpc) is 3.18. The first-order chi connectivity index (χ1) is 11.7. The van der Waals surface area contributed by atoms with E-state index in [1.807, 2.05) is 49.4 Å². The Hall–Kier alpha value is -2.11. The van der Waals surface area contributed by atoms with Gasteiger partial charge >= 0.3 is 0 Å². The molecule has 0 saturated heterocycles. The minimum absolute atomic E-state index is 0.0566. The minimum atomic E-state index is -0.488. The molecule has 0 saturated carbocycles. The molecule has 1 amide bonds. The molecule has 1 atom stereocenters. The van der Waals surface area contributed by atoms with Crippen molar-refractivity contribution in [1.29, 1.82) is 0 Å². The topological polar surface area (TPSA) is 42.4 Å². The maximum absolute atomic E-state index is 12.9. The molecule has 2 aromatic carbocycles. The Bertz CT molecular complexity index is 899. The van der Waals surface area contributed by atoms with Gasteiger partial charge < -0.3 is 4.74 Å². The van der Waals surface area contributed by atoms with Gasteiger partial charge in [0, 0.05) is 18.0 Å². The molecule has 6 heteroatoms. The van der Waals surface area contributed by atoms with E-state index in [4.69, 9.17) is 16.3 Å². The second-order valence-electron chi connectivity index (χ2n) is 5.61. The number of benzene rings is 2. The van der Waals surface area contributed by atoms with E-state index < -0.39 is 6.10 Å². The number of fused-ring (bicyclic) bond motifs is 2. The van der Waals surface area contributed by atoms with E-state index in [0.717, 1.165) is 21.5 Å². The molecule has 3 aromatic rings. The van der Waals surface area contributed by atoms with Crippen LogP contribution in [0.3, 0.4) is 0 Å². The first-order valence-corrected chi connectivity index (χ1v) is 8.97. The van der Waals surface area contributed by atoms with Gasteiger partial charge in [0.05, 0.1) is 10.2 Å². The molecule has 1 aromatic heterocycles. The third-order valence-corrected chi connectivity index (χ3v) is 5.37. The van der Waals surface area contributed by atoms with E-state index in [2.05, 4.69) is 4.98 Å². The number of carbonyl (C=O) groups is 1. The van der Waals surface area contributed by atoms with Crippen LogP contribution in [0.1, 0.15) is 12.5 Å². The lowest BCUT2D eigenvalue weighted by Crippen LogP contribution is -2.41. The Morgan fingerprint density at radius 1 is 1.38 bits per heavy atom. The summed E-state index contributed by atoms with van der Waals surface area (Å²) in [6, 6.07) is 13.4. The summed E-state index contributed by atoms with van der Waals surface area (Å²) in [4.78, 5) is 19.2. The van der Waals surface area contributed by atoms with E-state index in [1.54, 1.807) is 4.90 Å². The number of rotatable bonds is 3. The lowest BCUT2D eigenvalue weighted by molar-refractivity contribution is -0.124. The molecule has 0 radical (unpaired) electrons. The fraction of sp³-hybridized carbons (Fsp3) is 0.222.